The van der Waals surface area contributed by atoms with E-state index in [4.69, 9.17) is 4.74 Å². The third kappa shape index (κ3) is 2.70. The molecule has 0 fully saturated rings. The number of hydrogen-bond donors (Lipinski definition) is 0. The zero-order valence-corrected chi connectivity index (χ0v) is 9.50. The normalized spacial score (nSPS) is 9.57. The molecule has 0 radical (unpaired) electrons. The van der Waals surface area contributed by atoms with E-state index in [-0.39, 0.29) is 5.78 Å². The molecule has 0 bridgehead atoms. The number of Topliss-reactive ketones (excluding diaryl/α,β-unsaturated/α-hetero) is 1. The molecule has 0 N–H and O–H groups in total. The molecule has 1 aromatic carbocycles. The van der Waals surface area contributed by atoms with Gasteiger partial charge < -0.3 is 4.74 Å². The predicted molar refractivity (Wildman–Crippen MR) is 59.8 cm³/mol. The van der Waals surface area contributed by atoms with Crippen LogP contribution in [0.2, 0.25) is 0 Å². The van der Waals surface area contributed by atoms with Crippen LogP contribution in [0.3, 0.4) is 0 Å². The quantitative estimate of drug-likeness (QED) is 0.610. The first-order valence-corrected chi connectivity index (χ1v) is 4.98. The lowest BCUT2D eigenvalue weighted by Gasteiger charge is -2.05. The lowest BCUT2D eigenvalue weighted by molar-refractivity contribution is 0.101. The van der Waals surface area contributed by atoms with E-state index >= 15 is 0 Å². The zero-order valence-electron chi connectivity index (χ0n) is 7.92. The summed E-state index contributed by atoms with van der Waals surface area (Å²) < 4.78 is 6.07. The van der Waals surface area contributed by atoms with Crippen LogP contribution in [0.5, 0.6) is 5.75 Å². The number of hydrogen-bond acceptors (Lipinski definition) is 2. The molecular weight excluding hydrogens is 244 g/mol. The van der Waals surface area contributed by atoms with Crippen molar-refractivity contribution in [3.63, 3.8) is 0 Å². The van der Waals surface area contributed by atoms with Gasteiger partial charge in [-0.25, -0.2) is 0 Å². The highest BCUT2D eigenvalue weighted by atomic mass is 79.9. The second-order valence-electron chi connectivity index (χ2n) is 2.80. The van der Waals surface area contributed by atoms with Gasteiger partial charge in [-0.2, -0.15) is 0 Å². The van der Waals surface area contributed by atoms with E-state index in [1.807, 2.05) is 0 Å². The van der Waals surface area contributed by atoms with Gasteiger partial charge in [-0.15, -0.1) is 0 Å². The van der Waals surface area contributed by atoms with Gasteiger partial charge in [0.15, 0.2) is 5.78 Å². The lowest BCUT2D eigenvalue weighted by Crippen LogP contribution is -1.96. The summed E-state index contributed by atoms with van der Waals surface area (Å²) in [5, 5.41) is 0. The van der Waals surface area contributed by atoms with Crippen molar-refractivity contribution in [3.8, 4) is 5.75 Å². The van der Waals surface area contributed by atoms with Crippen molar-refractivity contribution >= 4 is 21.7 Å². The summed E-state index contributed by atoms with van der Waals surface area (Å²) >= 11 is 3.31. The van der Waals surface area contributed by atoms with Crippen molar-refractivity contribution < 1.29 is 9.53 Å². The molecule has 2 nitrogen and oxygen atoms in total. The number of benzene rings is 1. The molecule has 0 aliphatic rings. The Morgan fingerprint density at radius 3 is 2.86 bits per heavy atom. The number of ether oxygens (including phenoxy) is 1. The van der Waals surface area contributed by atoms with Gasteiger partial charge in [0.25, 0.3) is 0 Å². The van der Waals surface area contributed by atoms with E-state index in [0.717, 1.165) is 10.2 Å². The summed E-state index contributed by atoms with van der Waals surface area (Å²) in [6, 6.07) is 5.29. The third-order valence-electron chi connectivity index (χ3n) is 1.69. The van der Waals surface area contributed by atoms with Crippen LogP contribution < -0.4 is 4.74 Å². The Balaban J connectivity index is 2.88. The molecule has 1 rings (SSSR count). The van der Waals surface area contributed by atoms with Crippen LogP contribution in [0.25, 0.3) is 0 Å². The SMILES string of the molecule is C=CCOc1ccc(C(C)=O)c(Br)c1. The van der Waals surface area contributed by atoms with E-state index < -0.39 is 0 Å². The number of rotatable bonds is 4. The third-order valence-corrected chi connectivity index (χ3v) is 2.34. The van der Waals surface area contributed by atoms with Gasteiger partial charge in [0.05, 0.1) is 0 Å². The fraction of sp³-hybridized carbons (Fsp3) is 0.182. The second-order valence-corrected chi connectivity index (χ2v) is 3.65. The van der Waals surface area contributed by atoms with Crippen LogP contribution >= 0.6 is 15.9 Å². The Morgan fingerprint density at radius 1 is 1.64 bits per heavy atom. The molecule has 0 aliphatic heterocycles. The summed E-state index contributed by atoms with van der Waals surface area (Å²) in [5.74, 6) is 0.758. The Hall–Kier alpha value is -1.09. The monoisotopic (exact) mass is 254 g/mol. The molecule has 0 aliphatic carbocycles. The maximum Gasteiger partial charge on any atom is 0.160 e. The van der Waals surface area contributed by atoms with Gasteiger partial charge in [0.2, 0.25) is 0 Å². The molecule has 0 unspecified atom stereocenters. The van der Waals surface area contributed by atoms with Crippen molar-refractivity contribution in [2.24, 2.45) is 0 Å². The lowest BCUT2D eigenvalue weighted by atomic mass is 10.1. The first-order chi connectivity index (χ1) is 6.65. The van der Waals surface area contributed by atoms with Gasteiger partial charge in [-0.3, -0.25) is 4.79 Å². The molecule has 0 saturated carbocycles. The fourth-order valence-electron chi connectivity index (χ4n) is 1.03. The van der Waals surface area contributed by atoms with Gasteiger partial charge >= 0.3 is 0 Å². The van der Waals surface area contributed by atoms with Crippen molar-refractivity contribution in [1.82, 2.24) is 0 Å². The summed E-state index contributed by atoms with van der Waals surface area (Å²) in [6.45, 7) is 5.55. The largest absolute Gasteiger partial charge is 0.490 e. The number of ketones is 1. The smallest absolute Gasteiger partial charge is 0.160 e. The number of carbonyl (C=O) groups is 1. The fourth-order valence-corrected chi connectivity index (χ4v) is 1.66. The molecule has 0 amide bonds. The topological polar surface area (TPSA) is 26.3 Å². The average molecular weight is 255 g/mol. The van der Waals surface area contributed by atoms with Gasteiger partial charge in [-0.1, -0.05) is 12.7 Å². The maximum absolute atomic E-state index is 11.1. The molecule has 0 aromatic heterocycles. The van der Waals surface area contributed by atoms with Gasteiger partial charge in [-0.05, 0) is 41.1 Å². The van der Waals surface area contributed by atoms with Crippen molar-refractivity contribution in [1.29, 1.82) is 0 Å². The first kappa shape index (κ1) is 11.0. The van der Waals surface area contributed by atoms with Crippen LogP contribution in [0, 0.1) is 0 Å². The van der Waals surface area contributed by atoms with E-state index in [2.05, 4.69) is 22.5 Å². The Bertz CT molecular complexity index is 358. The summed E-state index contributed by atoms with van der Waals surface area (Å²) in [7, 11) is 0. The van der Waals surface area contributed by atoms with Crippen molar-refractivity contribution in [2.75, 3.05) is 6.61 Å². The van der Waals surface area contributed by atoms with E-state index in [0.29, 0.717) is 12.2 Å². The molecule has 3 heteroatoms. The Morgan fingerprint density at radius 2 is 2.36 bits per heavy atom. The highest BCUT2D eigenvalue weighted by Crippen LogP contribution is 2.23. The molecule has 0 heterocycles. The molecule has 74 valence electrons. The van der Waals surface area contributed by atoms with E-state index in [1.54, 1.807) is 24.3 Å². The highest BCUT2D eigenvalue weighted by molar-refractivity contribution is 9.10. The van der Waals surface area contributed by atoms with Gasteiger partial charge in [0.1, 0.15) is 12.4 Å². The minimum Gasteiger partial charge on any atom is -0.490 e. The van der Waals surface area contributed by atoms with Crippen LogP contribution in [0.15, 0.2) is 35.3 Å². The predicted octanol–water partition coefficient (Wildman–Crippen LogP) is 3.22. The molecule has 1 aromatic rings. The minimum atomic E-state index is 0.0344. The number of halogens is 1. The molecule has 14 heavy (non-hydrogen) atoms. The molecule has 0 saturated heterocycles. The van der Waals surface area contributed by atoms with Gasteiger partial charge in [0, 0.05) is 10.0 Å². The van der Waals surface area contributed by atoms with Crippen LogP contribution in [-0.4, -0.2) is 12.4 Å². The molecular formula is C11H11BrO2. The highest BCUT2D eigenvalue weighted by Gasteiger charge is 2.05. The van der Waals surface area contributed by atoms with Crippen molar-refractivity contribution in [2.45, 2.75) is 6.92 Å². The molecule has 0 spiro atoms. The molecule has 0 atom stereocenters. The summed E-state index contributed by atoms with van der Waals surface area (Å²) in [5.41, 5.74) is 0.663. The summed E-state index contributed by atoms with van der Waals surface area (Å²) in [4.78, 5) is 11.1. The first-order valence-electron chi connectivity index (χ1n) is 4.19. The zero-order chi connectivity index (χ0) is 10.6. The standard InChI is InChI=1S/C11H11BrO2/c1-3-6-14-9-4-5-10(8(2)13)11(12)7-9/h3-5,7H,1,6H2,2H3. The maximum atomic E-state index is 11.1. The average Bonchev–Trinajstić information content (AvgIpc) is 2.14. The van der Waals surface area contributed by atoms with Crippen LogP contribution in [0.4, 0.5) is 0 Å². The minimum absolute atomic E-state index is 0.0344. The van der Waals surface area contributed by atoms with E-state index in [1.165, 1.54) is 6.92 Å². The Kier molecular flexibility index (Phi) is 3.89. The number of carbonyl (C=O) groups excluding carboxylic acids is 1. The second kappa shape index (κ2) is 4.96. The summed E-state index contributed by atoms with van der Waals surface area (Å²) in [6.07, 6.45) is 1.67. The van der Waals surface area contributed by atoms with Crippen molar-refractivity contribution in [3.05, 3.63) is 40.9 Å². The Labute approximate surface area is 91.7 Å². The van der Waals surface area contributed by atoms with E-state index in [9.17, 15) is 4.79 Å². The van der Waals surface area contributed by atoms with Crippen LogP contribution in [0.1, 0.15) is 17.3 Å². The van der Waals surface area contributed by atoms with Crippen LogP contribution in [-0.2, 0) is 0 Å².